The number of aromatic hydroxyl groups is 1. The lowest BCUT2D eigenvalue weighted by atomic mass is 10.1. The Kier molecular flexibility index (Phi) is 6.45. The van der Waals surface area contributed by atoms with Gasteiger partial charge in [0.25, 0.3) is 5.91 Å². The second kappa shape index (κ2) is 9.21. The van der Waals surface area contributed by atoms with Gasteiger partial charge >= 0.3 is 0 Å². The topological polar surface area (TPSA) is 114 Å². The lowest BCUT2D eigenvalue weighted by Gasteiger charge is -2.10. The maximum atomic E-state index is 14.1. The third-order valence-electron chi connectivity index (χ3n) is 4.30. The number of phenols is 1. The van der Waals surface area contributed by atoms with E-state index in [1.807, 2.05) is 0 Å². The van der Waals surface area contributed by atoms with Crippen molar-refractivity contribution in [2.24, 2.45) is 5.73 Å². The predicted octanol–water partition coefficient (Wildman–Crippen LogP) is 3.00. The largest absolute Gasteiger partial charge is 0.507 e. The van der Waals surface area contributed by atoms with Crippen molar-refractivity contribution in [3.8, 4) is 17.0 Å². The number of carbonyl (C=O) groups is 1. The van der Waals surface area contributed by atoms with E-state index in [1.54, 1.807) is 0 Å². The summed E-state index contributed by atoms with van der Waals surface area (Å²) < 4.78 is 41.7. The average Bonchev–Trinajstić information content (AvgIpc) is 2.70. The maximum absolute atomic E-state index is 14.1. The van der Waals surface area contributed by atoms with Gasteiger partial charge in [-0.3, -0.25) is 9.78 Å². The van der Waals surface area contributed by atoms with Crippen LogP contribution in [0.15, 0.2) is 42.6 Å². The first-order valence-corrected chi connectivity index (χ1v) is 8.99. The van der Waals surface area contributed by atoms with Gasteiger partial charge in [0.1, 0.15) is 29.4 Å². The van der Waals surface area contributed by atoms with E-state index in [-0.39, 0.29) is 41.9 Å². The molecule has 1 atom stereocenters. The zero-order valence-electron chi connectivity index (χ0n) is 15.6. The highest BCUT2D eigenvalue weighted by Crippen LogP contribution is 2.28. The number of anilines is 1. The SMILES string of the molecule is NC(=O)c1cc(-c2ccc(NCC[C@H](F)Cc3ncccc3F)nn2)c(F)cc1O. The van der Waals surface area contributed by atoms with E-state index >= 15 is 0 Å². The first kappa shape index (κ1) is 21.0. The molecule has 7 nitrogen and oxygen atoms in total. The summed E-state index contributed by atoms with van der Waals surface area (Å²) in [4.78, 5) is 15.1. The molecule has 0 radical (unpaired) electrons. The van der Waals surface area contributed by atoms with Crippen molar-refractivity contribution in [3.63, 3.8) is 0 Å². The fourth-order valence-corrected chi connectivity index (χ4v) is 2.76. The fraction of sp³-hybridized carbons (Fsp3) is 0.200. The van der Waals surface area contributed by atoms with Crippen LogP contribution in [0.1, 0.15) is 22.5 Å². The highest BCUT2D eigenvalue weighted by atomic mass is 19.1. The number of pyridine rings is 1. The highest BCUT2D eigenvalue weighted by Gasteiger charge is 2.16. The Morgan fingerprint density at radius 2 is 1.97 bits per heavy atom. The Hall–Kier alpha value is -3.69. The minimum Gasteiger partial charge on any atom is -0.507 e. The van der Waals surface area contributed by atoms with Crippen molar-refractivity contribution >= 4 is 11.7 Å². The number of benzene rings is 1. The normalized spacial score (nSPS) is 11.8. The second-order valence-corrected chi connectivity index (χ2v) is 6.47. The fourth-order valence-electron chi connectivity index (χ4n) is 2.76. The summed E-state index contributed by atoms with van der Waals surface area (Å²) >= 11 is 0. The summed E-state index contributed by atoms with van der Waals surface area (Å²) in [5, 5.41) is 20.2. The quantitative estimate of drug-likeness (QED) is 0.519. The van der Waals surface area contributed by atoms with Gasteiger partial charge in [-0.2, -0.15) is 0 Å². The van der Waals surface area contributed by atoms with Gasteiger partial charge in [-0.25, -0.2) is 13.2 Å². The monoisotopic (exact) mass is 417 g/mol. The molecule has 0 saturated heterocycles. The molecule has 1 aromatic carbocycles. The number of nitrogens with zero attached hydrogens (tertiary/aromatic N) is 3. The molecule has 0 saturated carbocycles. The summed E-state index contributed by atoms with van der Waals surface area (Å²) in [5.74, 6) is -2.50. The van der Waals surface area contributed by atoms with E-state index in [1.165, 1.54) is 30.5 Å². The molecule has 0 fully saturated rings. The molecule has 4 N–H and O–H groups in total. The Labute approximate surface area is 169 Å². The third kappa shape index (κ3) is 5.02. The molecule has 156 valence electrons. The molecular weight excluding hydrogens is 399 g/mol. The molecule has 0 spiro atoms. The van der Waals surface area contributed by atoms with Crippen LogP contribution in [-0.4, -0.2) is 38.9 Å². The van der Waals surface area contributed by atoms with E-state index in [9.17, 15) is 23.1 Å². The molecule has 0 aliphatic rings. The minimum absolute atomic E-state index is 0.0538. The van der Waals surface area contributed by atoms with Crippen molar-refractivity contribution in [3.05, 3.63) is 65.5 Å². The number of hydrogen-bond acceptors (Lipinski definition) is 6. The van der Waals surface area contributed by atoms with Gasteiger partial charge in [-0.15, -0.1) is 10.2 Å². The number of nitrogens with one attached hydrogen (secondary N) is 1. The first-order valence-electron chi connectivity index (χ1n) is 8.99. The van der Waals surface area contributed by atoms with Crippen LogP contribution in [0.3, 0.4) is 0 Å². The molecular formula is C20H18F3N5O2. The van der Waals surface area contributed by atoms with Crippen LogP contribution in [-0.2, 0) is 6.42 Å². The van der Waals surface area contributed by atoms with E-state index < -0.39 is 29.5 Å². The van der Waals surface area contributed by atoms with Crippen molar-refractivity contribution in [1.82, 2.24) is 15.2 Å². The minimum atomic E-state index is -1.30. The molecule has 3 aromatic rings. The zero-order chi connectivity index (χ0) is 21.7. The number of halogens is 3. The summed E-state index contributed by atoms with van der Waals surface area (Å²) in [6.07, 6.45) is 0.0616. The third-order valence-corrected chi connectivity index (χ3v) is 4.30. The summed E-state index contributed by atoms with van der Waals surface area (Å²) in [6, 6.07) is 7.49. The average molecular weight is 417 g/mol. The van der Waals surface area contributed by atoms with Crippen LogP contribution in [0.25, 0.3) is 11.3 Å². The predicted molar refractivity (Wildman–Crippen MR) is 104 cm³/mol. The van der Waals surface area contributed by atoms with Gasteiger partial charge in [-0.05, 0) is 36.8 Å². The van der Waals surface area contributed by atoms with Gasteiger partial charge in [0.15, 0.2) is 0 Å². The second-order valence-electron chi connectivity index (χ2n) is 6.47. The maximum Gasteiger partial charge on any atom is 0.252 e. The van der Waals surface area contributed by atoms with Crippen molar-refractivity contribution < 1.29 is 23.1 Å². The van der Waals surface area contributed by atoms with E-state index in [4.69, 9.17) is 5.73 Å². The Morgan fingerprint density at radius 1 is 1.17 bits per heavy atom. The lowest BCUT2D eigenvalue weighted by molar-refractivity contribution is 0.0997. The highest BCUT2D eigenvalue weighted by molar-refractivity contribution is 5.96. The molecule has 3 rings (SSSR count). The number of amides is 1. The number of nitrogens with two attached hydrogens (primary N) is 1. The molecule has 0 unspecified atom stereocenters. The first-order chi connectivity index (χ1) is 14.3. The van der Waals surface area contributed by atoms with Crippen molar-refractivity contribution in [1.29, 1.82) is 0 Å². The van der Waals surface area contributed by atoms with E-state index in [0.29, 0.717) is 5.82 Å². The number of primary amides is 1. The Balaban J connectivity index is 1.59. The van der Waals surface area contributed by atoms with Crippen LogP contribution in [0.5, 0.6) is 5.75 Å². The van der Waals surface area contributed by atoms with Gasteiger partial charge < -0.3 is 16.2 Å². The van der Waals surface area contributed by atoms with Crippen LogP contribution in [0.4, 0.5) is 19.0 Å². The number of alkyl halides is 1. The molecule has 10 heteroatoms. The summed E-state index contributed by atoms with van der Waals surface area (Å²) in [6.45, 7) is 0.211. The van der Waals surface area contributed by atoms with E-state index in [0.717, 1.165) is 12.1 Å². The standard InChI is InChI=1S/C20H18F3N5O2/c21-11(8-17-14(22)2-1-6-25-17)5-7-26-19-4-3-16(27-28-19)12-9-13(20(24)30)18(29)10-15(12)23/h1-4,6,9-11,29H,5,7-8H2,(H2,24,30)(H,26,28)/t11-/m0/s1. The molecule has 1 amide bonds. The number of carbonyl (C=O) groups excluding carboxylic acids is 1. The molecule has 2 heterocycles. The molecule has 0 aliphatic heterocycles. The van der Waals surface area contributed by atoms with Gasteiger partial charge in [0.2, 0.25) is 0 Å². The smallest absolute Gasteiger partial charge is 0.252 e. The Bertz CT molecular complexity index is 1050. The zero-order valence-corrected chi connectivity index (χ0v) is 15.6. The number of rotatable bonds is 8. The Morgan fingerprint density at radius 3 is 2.63 bits per heavy atom. The van der Waals surface area contributed by atoms with Crippen LogP contribution in [0, 0.1) is 11.6 Å². The molecule has 0 bridgehead atoms. The number of aromatic nitrogens is 3. The van der Waals surface area contributed by atoms with Gasteiger partial charge in [-0.1, -0.05) is 0 Å². The summed E-state index contributed by atoms with van der Waals surface area (Å²) in [5.41, 5.74) is 5.04. The lowest BCUT2D eigenvalue weighted by Crippen LogP contribution is -2.14. The molecule has 2 aromatic heterocycles. The van der Waals surface area contributed by atoms with Crippen molar-refractivity contribution in [2.45, 2.75) is 19.0 Å². The molecule has 30 heavy (non-hydrogen) atoms. The van der Waals surface area contributed by atoms with Gasteiger partial charge in [0, 0.05) is 30.8 Å². The van der Waals surface area contributed by atoms with Crippen LogP contribution in [0.2, 0.25) is 0 Å². The van der Waals surface area contributed by atoms with Crippen LogP contribution < -0.4 is 11.1 Å². The summed E-state index contributed by atoms with van der Waals surface area (Å²) in [7, 11) is 0. The number of hydrogen-bond donors (Lipinski definition) is 3. The van der Waals surface area contributed by atoms with Crippen LogP contribution >= 0.6 is 0 Å². The van der Waals surface area contributed by atoms with Gasteiger partial charge in [0.05, 0.1) is 17.0 Å². The van der Waals surface area contributed by atoms with E-state index in [2.05, 4.69) is 20.5 Å². The van der Waals surface area contributed by atoms with Crippen molar-refractivity contribution in [2.75, 3.05) is 11.9 Å². The molecule has 0 aliphatic carbocycles.